The van der Waals surface area contributed by atoms with Crippen molar-refractivity contribution < 1.29 is 19.1 Å². The van der Waals surface area contributed by atoms with Gasteiger partial charge in [0.05, 0.1) is 23.0 Å². The van der Waals surface area contributed by atoms with Crippen LogP contribution in [0.4, 0.5) is 4.79 Å². The van der Waals surface area contributed by atoms with Crippen LogP contribution in [-0.2, 0) is 17.9 Å². The number of imide groups is 1. The smallest absolute Gasteiger partial charge is 0.293 e. The molecule has 0 atom stereocenters. The van der Waals surface area contributed by atoms with Crippen molar-refractivity contribution in [1.29, 1.82) is 0 Å². The zero-order chi connectivity index (χ0) is 24.2. The summed E-state index contributed by atoms with van der Waals surface area (Å²) in [5, 5.41) is 0.332. The molecule has 0 bridgehead atoms. The topological polar surface area (TPSA) is 55.8 Å². The monoisotopic (exact) mass is 557 g/mol. The van der Waals surface area contributed by atoms with E-state index < -0.39 is 0 Å². The fourth-order valence-corrected chi connectivity index (χ4v) is 5.00. The molecule has 0 aromatic heterocycles. The first-order chi connectivity index (χ1) is 16.4. The van der Waals surface area contributed by atoms with Gasteiger partial charge in [0.2, 0.25) is 0 Å². The molecule has 3 aromatic carbocycles. The van der Waals surface area contributed by atoms with Crippen molar-refractivity contribution >= 4 is 56.5 Å². The van der Waals surface area contributed by atoms with Gasteiger partial charge >= 0.3 is 0 Å². The molecule has 0 N–H and O–H groups in total. The lowest BCUT2D eigenvalue weighted by atomic mass is 10.1. The molecule has 34 heavy (non-hydrogen) atoms. The molecule has 1 fully saturated rings. The molecule has 1 heterocycles. The van der Waals surface area contributed by atoms with Gasteiger partial charge in [-0.05, 0) is 70.0 Å². The summed E-state index contributed by atoms with van der Waals surface area (Å²) in [6.45, 7) is 2.50. The molecule has 0 unspecified atom stereocenters. The normalized spacial score (nSPS) is 14.7. The molecule has 0 radical (unpaired) electrons. The van der Waals surface area contributed by atoms with Crippen LogP contribution >= 0.6 is 39.3 Å². The third kappa shape index (κ3) is 5.49. The van der Waals surface area contributed by atoms with Crippen molar-refractivity contribution in [2.24, 2.45) is 0 Å². The number of rotatable bonds is 7. The maximum absolute atomic E-state index is 12.9. The number of carbonyl (C=O) groups excluding carboxylic acids is 2. The predicted molar refractivity (Wildman–Crippen MR) is 139 cm³/mol. The fourth-order valence-electron chi connectivity index (χ4n) is 3.39. The molecule has 1 aliphatic rings. The number of hydrogen-bond acceptors (Lipinski definition) is 5. The number of aryl methyl sites for hydroxylation is 1. The van der Waals surface area contributed by atoms with E-state index in [0.717, 1.165) is 28.5 Å². The average Bonchev–Trinajstić information content (AvgIpc) is 3.07. The molecule has 1 aliphatic heterocycles. The summed E-state index contributed by atoms with van der Waals surface area (Å²) < 4.78 is 12.1. The maximum Gasteiger partial charge on any atom is 0.293 e. The first-order valence-corrected chi connectivity index (χ1v) is 12.4. The van der Waals surface area contributed by atoms with E-state index in [4.69, 9.17) is 21.1 Å². The van der Waals surface area contributed by atoms with E-state index in [-0.39, 0.29) is 24.3 Å². The molecule has 5 nitrogen and oxygen atoms in total. The molecule has 0 aliphatic carbocycles. The highest BCUT2D eigenvalue weighted by Crippen LogP contribution is 2.40. The molecular formula is C26H21BrClNO4S. The van der Waals surface area contributed by atoms with Crippen molar-refractivity contribution in [2.75, 3.05) is 7.11 Å². The van der Waals surface area contributed by atoms with Crippen molar-refractivity contribution in [3.8, 4) is 11.5 Å². The van der Waals surface area contributed by atoms with Crippen molar-refractivity contribution in [3.63, 3.8) is 0 Å². The lowest BCUT2D eigenvalue weighted by molar-refractivity contribution is -0.123. The van der Waals surface area contributed by atoms with Crippen LogP contribution in [0.2, 0.25) is 5.02 Å². The van der Waals surface area contributed by atoms with Crippen LogP contribution < -0.4 is 9.47 Å². The summed E-state index contributed by atoms with van der Waals surface area (Å²) in [5.41, 5.74) is 3.58. The van der Waals surface area contributed by atoms with Gasteiger partial charge in [-0.1, -0.05) is 59.6 Å². The van der Waals surface area contributed by atoms with Crippen LogP contribution in [0.25, 0.3) is 6.08 Å². The van der Waals surface area contributed by atoms with E-state index in [1.165, 1.54) is 4.90 Å². The molecule has 8 heteroatoms. The number of carbonyl (C=O) groups is 2. The highest BCUT2D eigenvalue weighted by atomic mass is 79.9. The minimum atomic E-state index is -0.315. The summed E-state index contributed by atoms with van der Waals surface area (Å²) in [4.78, 5) is 27.1. The zero-order valence-electron chi connectivity index (χ0n) is 18.5. The lowest BCUT2D eigenvalue weighted by Crippen LogP contribution is -2.27. The lowest BCUT2D eigenvalue weighted by Gasteiger charge is -2.14. The number of thioether (sulfide) groups is 1. The molecule has 174 valence electrons. The van der Waals surface area contributed by atoms with E-state index >= 15 is 0 Å². The summed E-state index contributed by atoms with van der Waals surface area (Å²) in [6, 6.07) is 18.8. The first kappa shape index (κ1) is 24.4. The zero-order valence-corrected chi connectivity index (χ0v) is 21.7. The Bertz CT molecular complexity index is 1280. The van der Waals surface area contributed by atoms with Crippen LogP contribution in [0.5, 0.6) is 11.5 Å². The Kier molecular flexibility index (Phi) is 7.66. The Morgan fingerprint density at radius 2 is 1.82 bits per heavy atom. The Morgan fingerprint density at radius 3 is 2.53 bits per heavy atom. The van der Waals surface area contributed by atoms with Crippen LogP contribution in [0.1, 0.15) is 22.3 Å². The van der Waals surface area contributed by atoms with Gasteiger partial charge in [0.1, 0.15) is 6.61 Å². The second-order valence-corrected chi connectivity index (χ2v) is 9.92. The van der Waals surface area contributed by atoms with Gasteiger partial charge < -0.3 is 9.47 Å². The van der Waals surface area contributed by atoms with Crippen LogP contribution in [-0.4, -0.2) is 23.2 Å². The molecule has 0 spiro atoms. The quantitative estimate of drug-likeness (QED) is 0.286. The number of hydrogen-bond donors (Lipinski definition) is 0. The second-order valence-electron chi connectivity index (χ2n) is 7.67. The van der Waals surface area contributed by atoms with Crippen LogP contribution in [0.15, 0.2) is 70.0 Å². The Labute approximate surface area is 215 Å². The van der Waals surface area contributed by atoms with E-state index in [0.29, 0.717) is 31.5 Å². The van der Waals surface area contributed by atoms with Crippen LogP contribution in [0, 0.1) is 6.92 Å². The molecule has 3 aromatic rings. The number of amides is 2. The van der Waals surface area contributed by atoms with Gasteiger partial charge in [-0.25, -0.2) is 0 Å². The summed E-state index contributed by atoms with van der Waals surface area (Å²) in [7, 11) is 1.54. The number of methoxy groups -OCH3 is 1. The van der Waals surface area contributed by atoms with Gasteiger partial charge in [-0.2, -0.15) is 0 Å². The molecular weight excluding hydrogens is 538 g/mol. The standard InChI is InChI=1S/C26H21BrClNO4S/c1-16-7-9-17(10-8-16)14-29-25(30)23(34-26(29)31)13-18-11-20(27)24(22(12-18)32-2)33-15-19-5-3-4-6-21(19)28/h3-13H,14-15H2,1-2H3/b23-13-. The van der Waals surface area contributed by atoms with E-state index in [9.17, 15) is 9.59 Å². The molecule has 1 saturated heterocycles. The summed E-state index contributed by atoms with van der Waals surface area (Å²) in [5.74, 6) is 0.698. The summed E-state index contributed by atoms with van der Waals surface area (Å²) in [6.07, 6.45) is 1.69. The van der Waals surface area contributed by atoms with E-state index in [2.05, 4.69) is 15.9 Å². The van der Waals surface area contributed by atoms with Gasteiger partial charge in [-0.15, -0.1) is 0 Å². The van der Waals surface area contributed by atoms with Crippen molar-refractivity contribution in [2.45, 2.75) is 20.1 Å². The molecule has 4 rings (SSSR count). The van der Waals surface area contributed by atoms with E-state index in [1.54, 1.807) is 19.3 Å². The van der Waals surface area contributed by atoms with Crippen molar-refractivity contribution in [1.82, 2.24) is 4.90 Å². The predicted octanol–water partition coefficient (Wildman–Crippen LogP) is 7.24. The fraction of sp³-hybridized carbons (Fsp3) is 0.154. The van der Waals surface area contributed by atoms with Gasteiger partial charge in [0.25, 0.3) is 11.1 Å². The van der Waals surface area contributed by atoms with Crippen molar-refractivity contribution in [3.05, 3.63) is 97.3 Å². The number of halogens is 2. The van der Waals surface area contributed by atoms with E-state index in [1.807, 2.05) is 61.5 Å². The average molecular weight is 559 g/mol. The second kappa shape index (κ2) is 10.7. The van der Waals surface area contributed by atoms with Gasteiger partial charge in [0.15, 0.2) is 11.5 Å². The van der Waals surface area contributed by atoms with Crippen LogP contribution in [0.3, 0.4) is 0 Å². The SMILES string of the molecule is COc1cc(/C=C2\SC(=O)N(Cc3ccc(C)cc3)C2=O)cc(Br)c1OCc1ccccc1Cl. The minimum absolute atomic E-state index is 0.240. The third-order valence-electron chi connectivity index (χ3n) is 5.21. The highest BCUT2D eigenvalue weighted by Gasteiger charge is 2.35. The molecule has 2 amide bonds. The Balaban J connectivity index is 1.53. The maximum atomic E-state index is 12.9. The summed E-state index contributed by atoms with van der Waals surface area (Å²) >= 11 is 10.7. The van der Waals surface area contributed by atoms with Gasteiger partial charge in [-0.3, -0.25) is 14.5 Å². The number of benzene rings is 3. The third-order valence-corrected chi connectivity index (χ3v) is 7.08. The first-order valence-electron chi connectivity index (χ1n) is 10.4. The molecule has 0 saturated carbocycles. The Morgan fingerprint density at radius 1 is 1.09 bits per heavy atom. The largest absolute Gasteiger partial charge is 0.493 e. The number of ether oxygens (including phenoxy) is 2. The number of nitrogens with zero attached hydrogens (tertiary/aromatic N) is 1. The highest BCUT2D eigenvalue weighted by molar-refractivity contribution is 9.10. The van der Waals surface area contributed by atoms with Gasteiger partial charge in [0, 0.05) is 10.6 Å². The Hall–Kier alpha value is -2.74. The minimum Gasteiger partial charge on any atom is -0.493 e.